The standard InChI is InChI=1S/C15H20O/c1-2-10-4-3-5-11(6-10)15(16)14-8-12-7-13(12)9-14/h3-6,12-16H,2,7-9H2,1H3. The zero-order chi connectivity index (χ0) is 11.1. The van der Waals surface area contributed by atoms with Crippen LogP contribution < -0.4 is 0 Å². The maximum Gasteiger partial charge on any atom is 0.0818 e. The number of hydrogen-bond acceptors (Lipinski definition) is 1. The zero-order valence-electron chi connectivity index (χ0n) is 9.89. The highest BCUT2D eigenvalue weighted by Gasteiger charge is 2.47. The molecule has 0 bridgehead atoms. The van der Waals surface area contributed by atoms with Gasteiger partial charge in [0.05, 0.1) is 6.10 Å². The van der Waals surface area contributed by atoms with Gasteiger partial charge in [-0.1, -0.05) is 31.2 Å². The van der Waals surface area contributed by atoms with E-state index in [2.05, 4.69) is 31.2 Å². The van der Waals surface area contributed by atoms with Crippen molar-refractivity contribution in [1.29, 1.82) is 0 Å². The molecule has 3 atom stereocenters. The van der Waals surface area contributed by atoms with Crippen LogP contribution in [0.1, 0.15) is 43.4 Å². The van der Waals surface area contributed by atoms with Gasteiger partial charge in [-0.15, -0.1) is 0 Å². The van der Waals surface area contributed by atoms with Gasteiger partial charge < -0.3 is 5.11 Å². The molecule has 2 aliphatic rings. The molecule has 86 valence electrons. The average molecular weight is 216 g/mol. The van der Waals surface area contributed by atoms with Crippen molar-refractivity contribution in [2.45, 2.75) is 38.7 Å². The van der Waals surface area contributed by atoms with E-state index < -0.39 is 0 Å². The molecule has 0 aromatic heterocycles. The van der Waals surface area contributed by atoms with E-state index >= 15 is 0 Å². The smallest absolute Gasteiger partial charge is 0.0818 e. The molecule has 3 rings (SSSR count). The molecule has 0 heterocycles. The van der Waals surface area contributed by atoms with Gasteiger partial charge in [-0.3, -0.25) is 0 Å². The molecule has 0 saturated heterocycles. The fourth-order valence-electron chi connectivity index (χ4n) is 3.29. The lowest BCUT2D eigenvalue weighted by Crippen LogP contribution is -2.11. The van der Waals surface area contributed by atoms with Gasteiger partial charge in [0.25, 0.3) is 0 Å². The van der Waals surface area contributed by atoms with E-state index in [0.29, 0.717) is 5.92 Å². The van der Waals surface area contributed by atoms with Gasteiger partial charge in [-0.2, -0.15) is 0 Å². The highest BCUT2D eigenvalue weighted by molar-refractivity contribution is 5.26. The molecular weight excluding hydrogens is 196 g/mol. The first kappa shape index (κ1) is 10.3. The van der Waals surface area contributed by atoms with Gasteiger partial charge in [0.15, 0.2) is 0 Å². The van der Waals surface area contributed by atoms with Crippen LogP contribution in [0.4, 0.5) is 0 Å². The van der Waals surface area contributed by atoms with Crippen LogP contribution in [0.2, 0.25) is 0 Å². The van der Waals surface area contributed by atoms with Crippen LogP contribution in [0.3, 0.4) is 0 Å². The topological polar surface area (TPSA) is 20.2 Å². The maximum atomic E-state index is 10.4. The number of aliphatic hydroxyl groups is 1. The fraction of sp³-hybridized carbons (Fsp3) is 0.600. The molecule has 0 aliphatic heterocycles. The quantitative estimate of drug-likeness (QED) is 0.821. The van der Waals surface area contributed by atoms with E-state index in [1.165, 1.54) is 24.8 Å². The average Bonchev–Trinajstić information content (AvgIpc) is 2.95. The number of aliphatic hydroxyl groups excluding tert-OH is 1. The minimum absolute atomic E-state index is 0.223. The van der Waals surface area contributed by atoms with E-state index in [4.69, 9.17) is 0 Å². The van der Waals surface area contributed by atoms with Crippen molar-refractivity contribution >= 4 is 0 Å². The summed E-state index contributed by atoms with van der Waals surface area (Å²) in [5, 5.41) is 10.4. The molecule has 1 N–H and O–H groups in total. The lowest BCUT2D eigenvalue weighted by atomic mass is 9.91. The number of aryl methyl sites for hydroxylation is 1. The molecular formula is C15H20O. The van der Waals surface area contributed by atoms with Crippen molar-refractivity contribution < 1.29 is 5.11 Å². The van der Waals surface area contributed by atoms with Crippen molar-refractivity contribution in [2.75, 3.05) is 0 Å². The van der Waals surface area contributed by atoms with E-state index in [9.17, 15) is 5.11 Å². The van der Waals surface area contributed by atoms with Gasteiger partial charge in [0.1, 0.15) is 0 Å². The number of benzene rings is 1. The molecule has 3 unspecified atom stereocenters. The lowest BCUT2D eigenvalue weighted by molar-refractivity contribution is 0.104. The highest BCUT2D eigenvalue weighted by atomic mass is 16.3. The van der Waals surface area contributed by atoms with Gasteiger partial charge >= 0.3 is 0 Å². The van der Waals surface area contributed by atoms with Crippen molar-refractivity contribution in [3.05, 3.63) is 35.4 Å². The Kier molecular flexibility index (Phi) is 2.51. The lowest BCUT2D eigenvalue weighted by Gasteiger charge is -2.20. The molecule has 2 aliphatic carbocycles. The van der Waals surface area contributed by atoms with Gasteiger partial charge in [0.2, 0.25) is 0 Å². The SMILES string of the molecule is CCc1cccc(C(O)C2CC3CC3C2)c1. The Morgan fingerprint density at radius 2 is 2.00 bits per heavy atom. The fourth-order valence-corrected chi connectivity index (χ4v) is 3.29. The summed E-state index contributed by atoms with van der Waals surface area (Å²) < 4.78 is 0. The molecule has 16 heavy (non-hydrogen) atoms. The van der Waals surface area contributed by atoms with Gasteiger partial charge in [-0.05, 0) is 54.6 Å². The number of fused-ring (bicyclic) bond motifs is 1. The van der Waals surface area contributed by atoms with E-state index in [1.807, 2.05) is 0 Å². The first-order valence-corrected chi connectivity index (χ1v) is 6.55. The predicted molar refractivity (Wildman–Crippen MR) is 65.1 cm³/mol. The van der Waals surface area contributed by atoms with E-state index in [1.54, 1.807) is 0 Å². The maximum absolute atomic E-state index is 10.4. The largest absolute Gasteiger partial charge is 0.388 e. The van der Waals surface area contributed by atoms with E-state index in [-0.39, 0.29) is 6.10 Å². The third kappa shape index (κ3) is 1.78. The van der Waals surface area contributed by atoms with Crippen LogP contribution >= 0.6 is 0 Å². The van der Waals surface area contributed by atoms with Crippen LogP contribution in [-0.4, -0.2) is 5.11 Å². The normalized spacial score (nSPS) is 33.5. The van der Waals surface area contributed by atoms with Crippen LogP contribution in [0.15, 0.2) is 24.3 Å². The summed E-state index contributed by atoms with van der Waals surface area (Å²) >= 11 is 0. The molecule has 1 aromatic carbocycles. The van der Waals surface area contributed by atoms with Crippen LogP contribution in [0.25, 0.3) is 0 Å². The Labute approximate surface area is 97.5 Å². The molecule has 1 nitrogen and oxygen atoms in total. The second-order valence-corrected chi connectivity index (χ2v) is 5.53. The Morgan fingerprint density at radius 1 is 1.25 bits per heavy atom. The van der Waals surface area contributed by atoms with Crippen LogP contribution in [0.5, 0.6) is 0 Å². The van der Waals surface area contributed by atoms with E-state index in [0.717, 1.165) is 23.8 Å². The van der Waals surface area contributed by atoms with Gasteiger partial charge in [0, 0.05) is 0 Å². The summed E-state index contributed by atoms with van der Waals surface area (Å²) in [7, 11) is 0. The molecule has 1 aromatic rings. The van der Waals surface area contributed by atoms with Gasteiger partial charge in [-0.25, -0.2) is 0 Å². The minimum Gasteiger partial charge on any atom is -0.388 e. The van der Waals surface area contributed by atoms with Crippen LogP contribution in [0, 0.1) is 17.8 Å². The second kappa shape index (κ2) is 3.89. The third-order valence-corrected chi connectivity index (χ3v) is 4.43. The first-order chi connectivity index (χ1) is 7.78. The summed E-state index contributed by atoms with van der Waals surface area (Å²) in [6.07, 6.45) is 4.76. The Morgan fingerprint density at radius 3 is 2.69 bits per heavy atom. The summed E-state index contributed by atoms with van der Waals surface area (Å²) in [5.41, 5.74) is 2.46. The minimum atomic E-state index is -0.223. The molecule has 0 spiro atoms. The monoisotopic (exact) mass is 216 g/mol. The second-order valence-electron chi connectivity index (χ2n) is 5.53. The first-order valence-electron chi connectivity index (χ1n) is 6.55. The third-order valence-electron chi connectivity index (χ3n) is 4.43. The summed E-state index contributed by atoms with van der Waals surface area (Å²) in [4.78, 5) is 0. The summed E-state index contributed by atoms with van der Waals surface area (Å²) in [5.74, 6) is 2.43. The Bertz CT molecular complexity index is 375. The number of rotatable bonds is 3. The highest BCUT2D eigenvalue weighted by Crippen LogP contribution is 2.57. The zero-order valence-corrected chi connectivity index (χ0v) is 9.89. The molecule has 2 saturated carbocycles. The Hall–Kier alpha value is -0.820. The molecule has 0 amide bonds. The molecule has 1 heteroatoms. The molecule has 0 radical (unpaired) electrons. The molecule has 2 fully saturated rings. The van der Waals surface area contributed by atoms with Crippen LogP contribution in [-0.2, 0) is 6.42 Å². The van der Waals surface area contributed by atoms with Crippen molar-refractivity contribution in [3.63, 3.8) is 0 Å². The summed E-state index contributed by atoms with van der Waals surface area (Å²) in [6, 6.07) is 8.47. The van der Waals surface area contributed by atoms with Crippen molar-refractivity contribution in [1.82, 2.24) is 0 Å². The van der Waals surface area contributed by atoms with Crippen molar-refractivity contribution in [2.24, 2.45) is 17.8 Å². The summed E-state index contributed by atoms with van der Waals surface area (Å²) in [6.45, 7) is 2.16. The number of hydrogen-bond donors (Lipinski definition) is 1. The Balaban J connectivity index is 1.75. The predicted octanol–water partition coefficient (Wildman–Crippen LogP) is 3.33. The van der Waals surface area contributed by atoms with Crippen molar-refractivity contribution in [3.8, 4) is 0 Å².